The zero-order chi connectivity index (χ0) is 9.94. The Bertz CT molecular complexity index is 178. The van der Waals surface area contributed by atoms with Gasteiger partial charge in [0, 0.05) is 0 Å². The summed E-state index contributed by atoms with van der Waals surface area (Å²) in [6.45, 7) is 0. The molecule has 0 amide bonds. The Kier molecular flexibility index (Phi) is 3.35. The lowest BCUT2D eigenvalue weighted by molar-refractivity contribution is -0.259. The highest BCUT2D eigenvalue weighted by molar-refractivity contribution is 4.81. The molecule has 0 saturated carbocycles. The van der Waals surface area contributed by atoms with Gasteiger partial charge in [-0.15, -0.1) is 0 Å². The average molecular weight is 198 g/mol. The van der Waals surface area contributed by atoms with Crippen LogP contribution >= 0.6 is 0 Å². The number of hydrogen-bond acceptors (Lipinski definition) is 1. The lowest BCUT2D eigenvalue weighted by atomic mass is 10.6. The SMILES string of the molecule is FC(F)=C(F)OC(F)C(F)(F)F. The fourth-order valence-electron chi connectivity index (χ4n) is 0.202. The molecular weight excluding hydrogens is 197 g/mol. The predicted octanol–water partition coefficient (Wildman–Crippen LogP) is 2.90. The van der Waals surface area contributed by atoms with Crippen LogP contribution in [0.4, 0.5) is 30.7 Å². The highest BCUT2D eigenvalue weighted by Crippen LogP contribution is 2.27. The number of alkyl halides is 4. The molecule has 0 radical (unpaired) electrons. The first-order valence-corrected chi connectivity index (χ1v) is 2.33. The maximum absolute atomic E-state index is 11.6. The highest BCUT2D eigenvalue weighted by Gasteiger charge is 2.43. The zero-order valence-electron chi connectivity index (χ0n) is 5.13. The molecule has 0 aromatic carbocycles. The van der Waals surface area contributed by atoms with E-state index in [1.807, 2.05) is 0 Å². The van der Waals surface area contributed by atoms with Crippen LogP contribution in [0.1, 0.15) is 0 Å². The summed E-state index contributed by atoms with van der Waals surface area (Å²) >= 11 is 0. The van der Waals surface area contributed by atoms with E-state index in [2.05, 4.69) is 4.74 Å². The Morgan fingerprint density at radius 2 is 1.50 bits per heavy atom. The minimum absolute atomic E-state index is 2.55. The Morgan fingerprint density at radius 3 is 1.75 bits per heavy atom. The molecule has 0 N–H and O–H groups in total. The molecule has 8 heteroatoms. The molecule has 0 rings (SSSR count). The smallest absolute Gasteiger partial charge is 0.423 e. The van der Waals surface area contributed by atoms with Gasteiger partial charge in [-0.25, -0.2) is 0 Å². The summed E-state index contributed by atoms with van der Waals surface area (Å²) in [7, 11) is 0. The van der Waals surface area contributed by atoms with Gasteiger partial charge < -0.3 is 4.74 Å². The van der Waals surface area contributed by atoms with Crippen molar-refractivity contribution in [2.45, 2.75) is 12.5 Å². The van der Waals surface area contributed by atoms with Gasteiger partial charge in [-0.05, 0) is 0 Å². The van der Waals surface area contributed by atoms with Crippen LogP contribution < -0.4 is 0 Å². The maximum Gasteiger partial charge on any atom is 0.457 e. The third kappa shape index (κ3) is 3.44. The van der Waals surface area contributed by atoms with E-state index in [0.29, 0.717) is 0 Å². The molecule has 0 aliphatic rings. The lowest BCUT2D eigenvalue weighted by Crippen LogP contribution is -2.26. The summed E-state index contributed by atoms with van der Waals surface area (Å²) in [5, 5.41) is 0. The first-order valence-electron chi connectivity index (χ1n) is 2.33. The first kappa shape index (κ1) is 11.1. The lowest BCUT2D eigenvalue weighted by Gasteiger charge is -2.11. The maximum atomic E-state index is 11.6. The molecule has 0 aliphatic carbocycles. The molecule has 0 aliphatic heterocycles. The second-order valence-corrected chi connectivity index (χ2v) is 1.51. The Hall–Kier alpha value is -0.950. The number of ether oxygens (including phenoxy) is 1. The fraction of sp³-hybridized carbons (Fsp3) is 0.500. The molecule has 12 heavy (non-hydrogen) atoms. The van der Waals surface area contributed by atoms with Crippen LogP contribution in [0.5, 0.6) is 0 Å². The van der Waals surface area contributed by atoms with Crippen LogP contribution in [0, 0.1) is 0 Å². The minimum atomic E-state index is -5.52. The number of rotatable bonds is 2. The number of halogens is 7. The van der Waals surface area contributed by atoms with Crippen LogP contribution in [0.2, 0.25) is 0 Å². The van der Waals surface area contributed by atoms with Crippen molar-refractivity contribution in [2.75, 3.05) is 0 Å². The van der Waals surface area contributed by atoms with Crippen molar-refractivity contribution in [3.05, 3.63) is 12.1 Å². The molecule has 0 heterocycles. The van der Waals surface area contributed by atoms with Crippen LogP contribution in [-0.4, -0.2) is 12.5 Å². The van der Waals surface area contributed by atoms with E-state index < -0.39 is 24.6 Å². The fourth-order valence-corrected chi connectivity index (χ4v) is 0.202. The monoisotopic (exact) mass is 198 g/mol. The Labute approximate surface area is 61.4 Å². The van der Waals surface area contributed by atoms with Crippen LogP contribution in [0.25, 0.3) is 0 Å². The highest BCUT2D eigenvalue weighted by atomic mass is 19.4. The van der Waals surface area contributed by atoms with Gasteiger partial charge in [-0.3, -0.25) is 0 Å². The topological polar surface area (TPSA) is 9.23 Å². The largest absolute Gasteiger partial charge is 0.457 e. The van der Waals surface area contributed by atoms with Crippen molar-refractivity contribution in [3.63, 3.8) is 0 Å². The van der Waals surface area contributed by atoms with Crippen LogP contribution in [-0.2, 0) is 4.74 Å². The van der Waals surface area contributed by atoms with E-state index in [-0.39, 0.29) is 0 Å². The minimum Gasteiger partial charge on any atom is -0.423 e. The second kappa shape index (κ2) is 3.63. The van der Waals surface area contributed by atoms with Crippen molar-refractivity contribution in [1.29, 1.82) is 0 Å². The van der Waals surface area contributed by atoms with Crippen molar-refractivity contribution >= 4 is 0 Å². The van der Waals surface area contributed by atoms with E-state index in [0.717, 1.165) is 0 Å². The molecule has 72 valence electrons. The van der Waals surface area contributed by atoms with Gasteiger partial charge in [-0.2, -0.15) is 30.7 Å². The average Bonchev–Trinajstić information content (AvgIpc) is 1.85. The summed E-state index contributed by atoms with van der Waals surface area (Å²) in [6.07, 6.45) is -12.8. The molecule has 0 spiro atoms. The van der Waals surface area contributed by atoms with Crippen molar-refractivity contribution in [3.8, 4) is 0 Å². The second-order valence-electron chi connectivity index (χ2n) is 1.51. The molecule has 0 saturated heterocycles. The van der Waals surface area contributed by atoms with E-state index in [4.69, 9.17) is 0 Å². The van der Waals surface area contributed by atoms with Crippen LogP contribution in [0.15, 0.2) is 12.1 Å². The quantitative estimate of drug-likeness (QED) is 0.489. The first-order chi connectivity index (χ1) is 5.25. The molecule has 0 aromatic heterocycles. The van der Waals surface area contributed by atoms with Crippen molar-refractivity contribution in [1.82, 2.24) is 0 Å². The number of hydrogen-bond donors (Lipinski definition) is 0. The molecule has 0 aromatic rings. The zero-order valence-corrected chi connectivity index (χ0v) is 5.13. The molecule has 1 atom stereocenters. The summed E-state index contributed by atoms with van der Waals surface area (Å²) in [5.74, 6) is 0. The van der Waals surface area contributed by atoms with Gasteiger partial charge in [0.1, 0.15) is 0 Å². The predicted molar refractivity (Wildman–Crippen MR) is 22.4 cm³/mol. The third-order valence-electron chi connectivity index (χ3n) is 0.613. The third-order valence-corrected chi connectivity index (χ3v) is 0.613. The summed E-state index contributed by atoms with van der Waals surface area (Å²) in [6, 6.07) is -2.88. The van der Waals surface area contributed by atoms with Crippen molar-refractivity contribution in [2.24, 2.45) is 0 Å². The van der Waals surface area contributed by atoms with Gasteiger partial charge in [0.2, 0.25) is 0 Å². The Morgan fingerprint density at radius 1 is 1.08 bits per heavy atom. The van der Waals surface area contributed by atoms with E-state index in [1.54, 1.807) is 0 Å². The van der Waals surface area contributed by atoms with E-state index in [9.17, 15) is 30.7 Å². The van der Waals surface area contributed by atoms with Crippen molar-refractivity contribution < 1.29 is 35.5 Å². The molecule has 1 nitrogen and oxygen atoms in total. The molecule has 1 unspecified atom stereocenters. The summed E-state index contributed by atoms with van der Waals surface area (Å²) in [5.41, 5.74) is 0. The van der Waals surface area contributed by atoms with Gasteiger partial charge >= 0.3 is 24.6 Å². The van der Waals surface area contributed by atoms with Crippen LogP contribution in [0.3, 0.4) is 0 Å². The van der Waals surface area contributed by atoms with Gasteiger partial charge in [-0.1, -0.05) is 0 Å². The van der Waals surface area contributed by atoms with Gasteiger partial charge in [0.05, 0.1) is 0 Å². The van der Waals surface area contributed by atoms with Gasteiger partial charge in [0.15, 0.2) is 0 Å². The summed E-state index contributed by atoms with van der Waals surface area (Å²) in [4.78, 5) is 0. The van der Waals surface area contributed by atoms with E-state index in [1.165, 1.54) is 0 Å². The van der Waals surface area contributed by atoms with Gasteiger partial charge in [0.25, 0.3) is 0 Å². The molecular formula is C4HF7O. The van der Waals surface area contributed by atoms with E-state index >= 15 is 0 Å². The Balaban J connectivity index is 4.21. The standard InChI is InChI=1S/C4HF7O/c5-1(6)2(7)12-3(8)4(9,10)11/h3H. The molecule has 0 bridgehead atoms. The normalized spacial score (nSPS) is 13.9. The summed E-state index contributed by atoms with van der Waals surface area (Å²) < 4.78 is 81.0. The molecule has 0 fully saturated rings.